The predicted octanol–water partition coefficient (Wildman–Crippen LogP) is 5.22. The van der Waals surface area contributed by atoms with E-state index in [4.69, 9.17) is 4.74 Å². The summed E-state index contributed by atoms with van der Waals surface area (Å²) in [6.07, 6.45) is 0.111. The Labute approximate surface area is 145 Å². The van der Waals surface area contributed by atoms with Crippen molar-refractivity contribution in [1.29, 1.82) is 0 Å². The van der Waals surface area contributed by atoms with Crippen LogP contribution < -0.4 is 10.1 Å². The molecule has 1 amide bonds. The highest BCUT2D eigenvalue weighted by Gasteiger charge is 2.19. The first-order valence-electron chi connectivity index (χ1n) is 8.55. The summed E-state index contributed by atoms with van der Waals surface area (Å²) in [5.41, 5.74) is 4.28. The quantitative estimate of drug-likeness (QED) is 0.790. The van der Waals surface area contributed by atoms with Crippen LogP contribution in [-0.4, -0.2) is 12.0 Å². The van der Waals surface area contributed by atoms with Crippen molar-refractivity contribution in [2.24, 2.45) is 0 Å². The third-order valence-corrected chi connectivity index (χ3v) is 4.11. The normalized spacial score (nSPS) is 12.1. The first-order valence-corrected chi connectivity index (χ1v) is 8.55. The van der Waals surface area contributed by atoms with E-state index in [1.807, 2.05) is 57.2 Å². The van der Waals surface area contributed by atoms with E-state index in [0.717, 1.165) is 17.0 Å². The lowest BCUT2D eigenvalue weighted by atomic mass is 10.0. The maximum absolute atomic E-state index is 12.5. The third kappa shape index (κ3) is 4.60. The Balaban J connectivity index is 2.05. The van der Waals surface area contributed by atoms with Gasteiger partial charge in [0.05, 0.1) is 0 Å². The zero-order chi connectivity index (χ0) is 17.7. The standard InChI is InChI=1S/C21H27NO2/c1-6-19(24-20-12-7-15(4)13-16(20)5)21(23)22-18-10-8-17(9-11-18)14(2)3/h7-14,19H,6H2,1-5H3,(H,22,23)/t19-/m0/s1. The van der Waals surface area contributed by atoms with E-state index in [2.05, 4.69) is 25.2 Å². The van der Waals surface area contributed by atoms with Gasteiger partial charge < -0.3 is 10.1 Å². The molecule has 0 aliphatic heterocycles. The molecule has 0 heterocycles. The van der Waals surface area contributed by atoms with Crippen LogP contribution in [0.4, 0.5) is 5.69 Å². The molecule has 2 aromatic carbocycles. The van der Waals surface area contributed by atoms with Gasteiger partial charge >= 0.3 is 0 Å². The average molecular weight is 325 g/mol. The van der Waals surface area contributed by atoms with Gasteiger partial charge in [0.25, 0.3) is 5.91 Å². The summed E-state index contributed by atoms with van der Waals surface area (Å²) in [7, 11) is 0. The fourth-order valence-electron chi connectivity index (χ4n) is 2.58. The number of hydrogen-bond acceptors (Lipinski definition) is 2. The Bertz CT molecular complexity index is 689. The molecule has 1 N–H and O–H groups in total. The number of carbonyl (C=O) groups is 1. The minimum atomic E-state index is -0.504. The van der Waals surface area contributed by atoms with Gasteiger partial charge in [0, 0.05) is 5.69 Å². The van der Waals surface area contributed by atoms with Crippen LogP contribution in [0.5, 0.6) is 5.75 Å². The van der Waals surface area contributed by atoms with Crippen LogP contribution in [0.1, 0.15) is 49.8 Å². The molecule has 0 spiro atoms. The number of ether oxygens (including phenoxy) is 1. The molecular formula is C21H27NO2. The van der Waals surface area contributed by atoms with Gasteiger partial charge in [-0.3, -0.25) is 4.79 Å². The fourth-order valence-corrected chi connectivity index (χ4v) is 2.58. The molecule has 128 valence electrons. The molecule has 0 aromatic heterocycles. The van der Waals surface area contributed by atoms with E-state index in [9.17, 15) is 4.79 Å². The number of hydrogen-bond donors (Lipinski definition) is 1. The maximum atomic E-state index is 12.5. The van der Waals surface area contributed by atoms with Gasteiger partial charge in [-0.05, 0) is 55.5 Å². The maximum Gasteiger partial charge on any atom is 0.265 e. The number of aryl methyl sites for hydroxylation is 2. The molecule has 0 aliphatic carbocycles. The van der Waals surface area contributed by atoms with Crippen molar-refractivity contribution in [2.45, 2.75) is 53.1 Å². The van der Waals surface area contributed by atoms with Crippen LogP contribution >= 0.6 is 0 Å². The van der Waals surface area contributed by atoms with Crippen LogP contribution in [0.3, 0.4) is 0 Å². The van der Waals surface area contributed by atoms with Crippen molar-refractivity contribution in [2.75, 3.05) is 5.32 Å². The molecule has 3 nitrogen and oxygen atoms in total. The lowest BCUT2D eigenvalue weighted by Crippen LogP contribution is -2.32. The number of nitrogens with one attached hydrogen (secondary N) is 1. The van der Waals surface area contributed by atoms with Crippen molar-refractivity contribution in [3.8, 4) is 5.75 Å². The minimum absolute atomic E-state index is 0.116. The summed E-state index contributed by atoms with van der Waals surface area (Å²) < 4.78 is 5.93. The lowest BCUT2D eigenvalue weighted by Gasteiger charge is -2.19. The first-order chi connectivity index (χ1) is 11.4. The van der Waals surface area contributed by atoms with E-state index in [-0.39, 0.29) is 5.91 Å². The predicted molar refractivity (Wildman–Crippen MR) is 99.8 cm³/mol. The van der Waals surface area contributed by atoms with E-state index in [1.54, 1.807) is 0 Å². The van der Waals surface area contributed by atoms with Crippen molar-refractivity contribution in [3.63, 3.8) is 0 Å². The molecule has 0 aliphatic rings. The van der Waals surface area contributed by atoms with Crippen LogP contribution in [0.25, 0.3) is 0 Å². The lowest BCUT2D eigenvalue weighted by molar-refractivity contribution is -0.122. The zero-order valence-corrected chi connectivity index (χ0v) is 15.2. The fraction of sp³-hybridized carbons (Fsp3) is 0.381. The van der Waals surface area contributed by atoms with E-state index in [0.29, 0.717) is 12.3 Å². The van der Waals surface area contributed by atoms with Crippen LogP contribution in [-0.2, 0) is 4.79 Å². The summed E-state index contributed by atoms with van der Waals surface area (Å²) in [5, 5.41) is 2.95. The van der Waals surface area contributed by atoms with Gasteiger partial charge in [-0.2, -0.15) is 0 Å². The Morgan fingerprint density at radius 3 is 2.29 bits per heavy atom. The highest BCUT2D eigenvalue weighted by molar-refractivity contribution is 5.94. The van der Waals surface area contributed by atoms with Crippen molar-refractivity contribution in [3.05, 3.63) is 59.2 Å². The van der Waals surface area contributed by atoms with E-state index < -0.39 is 6.10 Å². The number of benzene rings is 2. The Morgan fingerprint density at radius 1 is 1.08 bits per heavy atom. The molecular weight excluding hydrogens is 298 g/mol. The van der Waals surface area contributed by atoms with Crippen molar-refractivity contribution in [1.82, 2.24) is 0 Å². The van der Waals surface area contributed by atoms with Gasteiger partial charge in [0.15, 0.2) is 6.10 Å². The summed E-state index contributed by atoms with van der Waals surface area (Å²) >= 11 is 0. The van der Waals surface area contributed by atoms with Gasteiger partial charge in [-0.15, -0.1) is 0 Å². The monoisotopic (exact) mass is 325 g/mol. The van der Waals surface area contributed by atoms with E-state index >= 15 is 0 Å². The number of rotatable bonds is 6. The van der Waals surface area contributed by atoms with Crippen molar-refractivity contribution >= 4 is 11.6 Å². The number of anilines is 1. The number of amides is 1. The second-order valence-corrected chi connectivity index (χ2v) is 6.55. The third-order valence-electron chi connectivity index (χ3n) is 4.11. The summed E-state index contributed by atoms with van der Waals surface area (Å²) in [4.78, 5) is 12.5. The van der Waals surface area contributed by atoms with Gasteiger partial charge in [0.2, 0.25) is 0 Å². The van der Waals surface area contributed by atoms with E-state index in [1.165, 1.54) is 11.1 Å². The molecule has 0 saturated carbocycles. The summed E-state index contributed by atoms with van der Waals surface area (Å²) in [6.45, 7) is 10.3. The minimum Gasteiger partial charge on any atom is -0.480 e. The molecule has 0 bridgehead atoms. The molecule has 1 atom stereocenters. The molecule has 2 aromatic rings. The largest absolute Gasteiger partial charge is 0.480 e. The SMILES string of the molecule is CC[C@H](Oc1ccc(C)cc1C)C(=O)Nc1ccc(C(C)C)cc1. The second-order valence-electron chi connectivity index (χ2n) is 6.55. The van der Waals surface area contributed by atoms with Crippen LogP contribution in [0, 0.1) is 13.8 Å². The number of carbonyl (C=O) groups excluding carboxylic acids is 1. The average Bonchev–Trinajstić information content (AvgIpc) is 2.54. The zero-order valence-electron chi connectivity index (χ0n) is 15.2. The Kier molecular flexibility index (Phi) is 6.02. The molecule has 2 rings (SSSR count). The van der Waals surface area contributed by atoms with Crippen molar-refractivity contribution < 1.29 is 9.53 Å². The Hall–Kier alpha value is -2.29. The molecule has 0 fully saturated rings. The molecule has 24 heavy (non-hydrogen) atoms. The van der Waals surface area contributed by atoms with Gasteiger partial charge in [0.1, 0.15) is 5.75 Å². The smallest absolute Gasteiger partial charge is 0.265 e. The van der Waals surface area contributed by atoms with Gasteiger partial charge in [-0.25, -0.2) is 0 Å². The molecule has 0 unspecified atom stereocenters. The topological polar surface area (TPSA) is 38.3 Å². The second kappa shape index (κ2) is 8.00. The van der Waals surface area contributed by atoms with Crippen LogP contribution in [0.2, 0.25) is 0 Å². The van der Waals surface area contributed by atoms with Gasteiger partial charge in [-0.1, -0.05) is 50.6 Å². The molecule has 0 radical (unpaired) electrons. The Morgan fingerprint density at radius 2 is 1.75 bits per heavy atom. The summed E-state index contributed by atoms with van der Waals surface area (Å²) in [5.74, 6) is 1.12. The highest BCUT2D eigenvalue weighted by Crippen LogP contribution is 2.22. The first kappa shape index (κ1) is 18.1. The highest BCUT2D eigenvalue weighted by atomic mass is 16.5. The molecule has 3 heteroatoms. The molecule has 0 saturated heterocycles. The summed E-state index contributed by atoms with van der Waals surface area (Å²) in [6, 6.07) is 14.0. The van der Waals surface area contributed by atoms with Crippen LogP contribution in [0.15, 0.2) is 42.5 Å².